The van der Waals surface area contributed by atoms with E-state index in [-0.39, 0.29) is 26.2 Å². The molecule has 1 aliphatic rings. The van der Waals surface area contributed by atoms with Gasteiger partial charge in [0.05, 0.1) is 0 Å². The quantitative estimate of drug-likeness (QED) is 0.214. The van der Waals surface area contributed by atoms with E-state index in [4.69, 9.17) is 23.2 Å². The molecule has 0 fully saturated rings. The summed E-state index contributed by atoms with van der Waals surface area (Å²) in [6, 6.07) is 28.1. The predicted octanol–water partition coefficient (Wildman–Crippen LogP) is 6.66. The van der Waals surface area contributed by atoms with Crippen LogP contribution < -0.4 is 0 Å². The van der Waals surface area contributed by atoms with Gasteiger partial charge in [-0.05, 0) is 20.3 Å². The van der Waals surface area contributed by atoms with Crippen molar-refractivity contribution in [2.45, 2.75) is 24.6 Å². The molecule has 122 valence electrons. The minimum Gasteiger partial charge on any atom is -0.214 e. The van der Waals surface area contributed by atoms with Crippen molar-refractivity contribution in [3.8, 4) is 11.1 Å². The molecule has 4 rings (SSSR count). The Balaban J connectivity index is 0.000000220. The van der Waals surface area contributed by atoms with Crippen molar-refractivity contribution in [3.05, 3.63) is 90.0 Å². The molecule has 3 heteroatoms. The monoisotopic (exact) mass is 432 g/mol. The van der Waals surface area contributed by atoms with Crippen LogP contribution in [-0.2, 0) is 32.6 Å². The summed E-state index contributed by atoms with van der Waals surface area (Å²) in [7, 11) is 0. The topological polar surface area (TPSA) is 0 Å². The molecule has 0 nitrogen and oxygen atoms in total. The molecule has 0 unspecified atom stereocenters. The standard InChI is InChI=1S/C13H9.C5H5.C3H6Cl2.Zr/c1-3-7-12-10(5-1)9-11-6-2-4-8-13(11)12;1-2-4-5-3-1;1-3(2,4)5;/h1-5,7-8H,9H2;1-5H;1-2H3;/q2*-1;;+2. The molecule has 0 spiro atoms. The Morgan fingerprint density at radius 2 is 1.50 bits per heavy atom. The summed E-state index contributed by atoms with van der Waals surface area (Å²) < 4.78 is -0.556. The molecule has 0 amide bonds. The zero-order valence-corrected chi connectivity index (χ0v) is 17.9. The first-order chi connectivity index (χ1) is 10.9. The van der Waals surface area contributed by atoms with Gasteiger partial charge in [0, 0.05) is 0 Å². The number of hydrogen-bond donors (Lipinski definition) is 0. The third kappa shape index (κ3) is 7.43. The van der Waals surface area contributed by atoms with E-state index in [0.29, 0.717) is 0 Å². The van der Waals surface area contributed by atoms with Crippen LogP contribution in [0.4, 0.5) is 0 Å². The zero-order valence-electron chi connectivity index (χ0n) is 13.9. The van der Waals surface area contributed by atoms with Crippen molar-refractivity contribution < 1.29 is 26.2 Å². The second kappa shape index (κ2) is 10.3. The Morgan fingerprint density at radius 3 is 2.08 bits per heavy atom. The second-order valence-electron chi connectivity index (χ2n) is 5.69. The number of benzene rings is 2. The molecular weight excluding hydrogens is 414 g/mol. The van der Waals surface area contributed by atoms with Crippen molar-refractivity contribution >= 4 is 23.2 Å². The van der Waals surface area contributed by atoms with Gasteiger partial charge in [-0.2, -0.15) is 48.0 Å². The summed E-state index contributed by atoms with van der Waals surface area (Å²) in [5.74, 6) is 0. The minimum absolute atomic E-state index is 0. The van der Waals surface area contributed by atoms with Gasteiger partial charge in [0.15, 0.2) is 0 Å². The van der Waals surface area contributed by atoms with E-state index in [1.807, 2.05) is 36.4 Å². The van der Waals surface area contributed by atoms with E-state index in [1.165, 1.54) is 22.3 Å². The molecule has 24 heavy (non-hydrogen) atoms. The first kappa shape index (κ1) is 21.3. The smallest absolute Gasteiger partial charge is 0.214 e. The minimum atomic E-state index is -0.556. The van der Waals surface area contributed by atoms with Crippen LogP contribution in [0, 0.1) is 6.07 Å². The number of hydrogen-bond acceptors (Lipinski definition) is 0. The van der Waals surface area contributed by atoms with E-state index >= 15 is 0 Å². The fourth-order valence-corrected chi connectivity index (χ4v) is 2.32. The van der Waals surface area contributed by atoms with Crippen LogP contribution in [0.1, 0.15) is 25.0 Å². The molecule has 0 saturated carbocycles. The maximum Gasteiger partial charge on any atom is 2.00 e. The van der Waals surface area contributed by atoms with E-state index in [0.717, 1.165) is 6.42 Å². The van der Waals surface area contributed by atoms with Crippen LogP contribution in [0.5, 0.6) is 0 Å². The first-order valence-electron chi connectivity index (χ1n) is 7.57. The average Bonchev–Trinajstić information content (AvgIpc) is 3.17. The van der Waals surface area contributed by atoms with Crippen LogP contribution in [-0.4, -0.2) is 4.33 Å². The summed E-state index contributed by atoms with van der Waals surface area (Å²) in [4.78, 5) is 0. The SMILES string of the molecule is CC(C)(Cl)Cl.[Zr+2].[c-]1cccc2c1Cc1ccccc1-2.c1cc[cH-]c1. The predicted molar refractivity (Wildman–Crippen MR) is 101 cm³/mol. The van der Waals surface area contributed by atoms with Crippen LogP contribution in [0.2, 0.25) is 0 Å². The van der Waals surface area contributed by atoms with Crippen LogP contribution >= 0.6 is 23.2 Å². The third-order valence-electron chi connectivity index (χ3n) is 3.17. The molecule has 0 heterocycles. The Bertz CT molecular complexity index is 646. The van der Waals surface area contributed by atoms with Gasteiger partial charge in [-0.15, -0.1) is 28.8 Å². The Kier molecular flexibility index (Phi) is 9.13. The number of fused-ring (bicyclic) bond motifs is 3. The van der Waals surface area contributed by atoms with E-state index in [1.54, 1.807) is 13.8 Å². The Labute approximate surface area is 174 Å². The first-order valence-corrected chi connectivity index (χ1v) is 8.33. The Hall–Kier alpha value is -0.747. The summed E-state index contributed by atoms with van der Waals surface area (Å²) in [6.45, 7) is 3.44. The molecule has 3 aromatic rings. The van der Waals surface area contributed by atoms with Gasteiger partial charge in [-0.1, -0.05) is 35.4 Å². The van der Waals surface area contributed by atoms with E-state index in [9.17, 15) is 0 Å². The zero-order chi connectivity index (χ0) is 16.7. The van der Waals surface area contributed by atoms with E-state index < -0.39 is 4.33 Å². The normalized spacial score (nSPS) is 10.8. The second-order valence-corrected chi connectivity index (χ2v) is 7.77. The maximum atomic E-state index is 5.30. The van der Waals surface area contributed by atoms with Gasteiger partial charge in [0.25, 0.3) is 0 Å². The van der Waals surface area contributed by atoms with Gasteiger partial charge >= 0.3 is 26.2 Å². The number of halogens is 2. The molecule has 0 saturated heterocycles. The maximum absolute atomic E-state index is 5.30. The summed E-state index contributed by atoms with van der Waals surface area (Å²) in [5.41, 5.74) is 5.51. The molecule has 3 aromatic carbocycles. The summed E-state index contributed by atoms with van der Waals surface area (Å²) in [6.07, 6.45) is 1.05. The fraction of sp³-hybridized carbons (Fsp3) is 0.190. The molecule has 0 N–H and O–H groups in total. The van der Waals surface area contributed by atoms with Gasteiger partial charge < -0.3 is 0 Å². The average molecular weight is 435 g/mol. The van der Waals surface area contributed by atoms with Gasteiger partial charge in [0.1, 0.15) is 4.33 Å². The Morgan fingerprint density at radius 1 is 0.917 bits per heavy atom. The van der Waals surface area contributed by atoms with Crippen LogP contribution in [0.15, 0.2) is 72.8 Å². The molecule has 1 aliphatic carbocycles. The van der Waals surface area contributed by atoms with Crippen molar-refractivity contribution in [1.82, 2.24) is 0 Å². The molecule has 0 radical (unpaired) electrons. The largest absolute Gasteiger partial charge is 2.00 e. The van der Waals surface area contributed by atoms with E-state index in [2.05, 4.69) is 42.5 Å². The molecular formula is C21H20Cl2Zr. The van der Waals surface area contributed by atoms with Crippen molar-refractivity contribution in [2.75, 3.05) is 0 Å². The van der Waals surface area contributed by atoms with Crippen LogP contribution in [0.3, 0.4) is 0 Å². The number of alkyl halides is 2. The van der Waals surface area contributed by atoms with Crippen molar-refractivity contribution in [1.29, 1.82) is 0 Å². The molecule has 0 atom stereocenters. The van der Waals surface area contributed by atoms with Crippen molar-refractivity contribution in [2.24, 2.45) is 0 Å². The fourth-order valence-electron chi connectivity index (χ4n) is 2.32. The van der Waals surface area contributed by atoms with Gasteiger partial charge in [-0.3, -0.25) is 0 Å². The molecule has 0 aromatic heterocycles. The van der Waals surface area contributed by atoms with Gasteiger partial charge in [0.2, 0.25) is 0 Å². The van der Waals surface area contributed by atoms with Crippen LogP contribution in [0.25, 0.3) is 11.1 Å². The van der Waals surface area contributed by atoms with Gasteiger partial charge in [-0.25, -0.2) is 12.1 Å². The molecule has 0 bridgehead atoms. The molecule has 0 aliphatic heterocycles. The third-order valence-corrected chi connectivity index (χ3v) is 3.17. The van der Waals surface area contributed by atoms with Crippen molar-refractivity contribution in [3.63, 3.8) is 0 Å². The number of rotatable bonds is 0. The summed E-state index contributed by atoms with van der Waals surface area (Å²) >= 11 is 10.6. The summed E-state index contributed by atoms with van der Waals surface area (Å²) in [5, 5.41) is 0.